The number of nitrogens with one attached hydrogen (secondary N) is 1. The summed E-state index contributed by atoms with van der Waals surface area (Å²) in [6.07, 6.45) is -5.67. The SMILES string of the molecule is CCO/C(C)=N/OC(=O)Nc1ccc(OC(F)(F)F)cc1. The number of hydrogen-bond acceptors (Lipinski definition) is 5. The van der Waals surface area contributed by atoms with Gasteiger partial charge in [0.05, 0.1) is 6.61 Å². The van der Waals surface area contributed by atoms with Crippen molar-refractivity contribution in [2.45, 2.75) is 20.2 Å². The van der Waals surface area contributed by atoms with Gasteiger partial charge in [-0.2, -0.15) is 0 Å². The second kappa shape index (κ2) is 7.36. The molecule has 0 aliphatic heterocycles. The number of alkyl halides is 3. The zero-order chi connectivity index (χ0) is 15.9. The number of rotatable bonds is 4. The van der Waals surface area contributed by atoms with Gasteiger partial charge >= 0.3 is 12.5 Å². The highest BCUT2D eigenvalue weighted by Crippen LogP contribution is 2.23. The Morgan fingerprint density at radius 3 is 2.43 bits per heavy atom. The molecule has 0 saturated heterocycles. The van der Waals surface area contributed by atoms with E-state index in [1.807, 2.05) is 0 Å². The lowest BCUT2D eigenvalue weighted by atomic mass is 10.3. The second-order valence-corrected chi connectivity index (χ2v) is 3.62. The summed E-state index contributed by atoms with van der Waals surface area (Å²) in [5.74, 6) is -0.229. The van der Waals surface area contributed by atoms with Crippen molar-refractivity contribution in [1.82, 2.24) is 0 Å². The fourth-order valence-electron chi connectivity index (χ4n) is 1.22. The van der Waals surface area contributed by atoms with Gasteiger partial charge in [0.25, 0.3) is 0 Å². The van der Waals surface area contributed by atoms with Gasteiger partial charge < -0.3 is 9.47 Å². The smallest absolute Gasteiger partial charge is 0.479 e. The second-order valence-electron chi connectivity index (χ2n) is 3.62. The average Bonchev–Trinajstić information content (AvgIpc) is 2.37. The molecular weight excluding hydrogens is 293 g/mol. The van der Waals surface area contributed by atoms with Crippen molar-refractivity contribution >= 4 is 17.7 Å². The molecule has 0 radical (unpaired) electrons. The maximum atomic E-state index is 12.0. The largest absolute Gasteiger partial charge is 0.573 e. The van der Waals surface area contributed by atoms with Crippen molar-refractivity contribution in [2.75, 3.05) is 11.9 Å². The molecule has 0 saturated carbocycles. The van der Waals surface area contributed by atoms with Crippen LogP contribution in [0.2, 0.25) is 0 Å². The lowest BCUT2D eigenvalue weighted by molar-refractivity contribution is -0.274. The van der Waals surface area contributed by atoms with E-state index in [-0.39, 0.29) is 11.6 Å². The Bertz CT molecular complexity index is 500. The molecule has 6 nitrogen and oxygen atoms in total. The normalized spacial score (nSPS) is 11.8. The van der Waals surface area contributed by atoms with Gasteiger partial charge in [-0.3, -0.25) is 10.2 Å². The summed E-state index contributed by atoms with van der Waals surface area (Å²) >= 11 is 0. The zero-order valence-electron chi connectivity index (χ0n) is 11.2. The number of halogens is 3. The first-order valence-electron chi connectivity index (χ1n) is 5.81. The van der Waals surface area contributed by atoms with Crippen molar-refractivity contribution in [3.63, 3.8) is 0 Å². The lowest BCUT2D eigenvalue weighted by Crippen LogP contribution is -2.17. The highest BCUT2D eigenvalue weighted by atomic mass is 19.4. The molecule has 9 heteroatoms. The number of carbonyl (C=O) groups is 1. The summed E-state index contributed by atoms with van der Waals surface area (Å²) in [7, 11) is 0. The molecule has 0 unspecified atom stereocenters. The Balaban J connectivity index is 2.52. The zero-order valence-corrected chi connectivity index (χ0v) is 11.2. The third-order valence-electron chi connectivity index (χ3n) is 1.94. The molecule has 1 rings (SSSR count). The van der Waals surface area contributed by atoms with Crippen LogP contribution in [0.1, 0.15) is 13.8 Å². The average molecular weight is 306 g/mol. The number of carbonyl (C=O) groups excluding carboxylic acids is 1. The predicted octanol–water partition coefficient (Wildman–Crippen LogP) is 3.50. The molecule has 0 bridgehead atoms. The van der Waals surface area contributed by atoms with Gasteiger partial charge in [0.2, 0.25) is 5.90 Å². The monoisotopic (exact) mass is 306 g/mol. The summed E-state index contributed by atoms with van der Waals surface area (Å²) in [4.78, 5) is 15.8. The van der Waals surface area contributed by atoms with E-state index in [1.54, 1.807) is 6.92 Å². The van der Waals surface area contributed by atoms with Gasteiger partial charge in [-0.1, -0.05) is 0 Å². The third-order valence-corrected chi connectivity index (χ3v) is 1.94. The minimum Gasteiger partial charge on any atom is -0.479 e. The molecule has 0 spiro atoms. The van der Waals surface area contributed by atoms with Crippen LogP contribution in [0.3, 0.4) is 0 Å². The Labute approximate surface area is 118 Å². The molecule has 0 aromatic heterocycles. The predicted molar refractivity (Wildman–Crippen MR) is 68.0 cm³/mol. The van der Waals surface area contributed by atoms with E-state index in [2.05, 4.69) is 20.0 Å². The molecule has 1 amide bonds. The van der Waals surface area contributed by atoms with Crippen molar-refractivity contribution in [3.8, 4) is 5.75 Å². The fourth-order valence-corrected chi connectivity index (χ4v) is 1.22. The van der Waals surface area contributed by atoms with Crippen LogP contribution in [-0.4, -0.2) is 25.0 Å². The first kappa shape index (κ1) is 16.6. The van der Waals surface area contributed by atoms with Crippen LogP contribution in [0.25, 0.3) is 0 Å². The number of ether oxygens (including phenoxy) is 2. The molecular formula is C12H13F3N2O4. The highest BCUT2D eigenvalue weighted by molar-refractivity contribution is 5.85. The van der Waals surface area contributed by atoms with Gasteiger partial charge in [0, 0.05) is 12.6 Å². The van der Waals surface area contributed by atoms with Crippen molar-refractivity contribution in [1.29, 1.82) is 0 Å². The quantitative estimate of drug-likeness (QED) is 0.400. The molecule has 0 aliphatic rings. The van der Waals surface area contributed by atoms with Crippen LogP contribution >= 0.6 is 0 Å². The van der Waals surface area contributed by atoms with Crippen LogP contribution < -0.4 is 10.1 Å². The van der Waals surface area contributed by atoms with Gasteiger partial charge in [-0.15, -0.1) is 13.2 Å². The van der Waals surface area contributed by atoms with Crippen LogP contribution in [-0.2, 0) is 9.57 Å². The van der Waals surface area contributed by atoms with Crippen LogP contribution in [0, 0.1) is 0 Å². The van der Waals surface area contributed by atoms with Crippen LogP contribution in [0.5, 0.6) is 5.75 Å². The van der Waals surface area contributed by atoms with Crippen molar-refractivity contribution in [3.05, 3.63) is 24.3 Å². The molecule has 116 valence electrons. The Morgan fingerprint density at radius 2 is 1.90 bits per heavy atom. The standard InChI is InChI=1S/C12H13F3N2O4/c1-3-19-8(2)17-21-11(18)16-9-4-6-10(7-5-9)20-12(13,14)15/h4-7H,3H2,1-2H3,(H,16,18)/b17-8+. The first-order valence-corrected chi connectivity index (χ1v) is 5.81. The van der Waals surface area contributed by atoms with E-state index in [9.17, 15) is 18.0 Å². The number of hydrogen-bond donors (Lipinski definition) is 1. The number of benzene rings is 1. The van der Waals surface area contributed by atoms with E-state index >= 15 is 0 Å². The molecule has 0 aliphatic carbocycles. The van der Waals surface area contributed by atoms with E-state index < -0.39 is 18.2 Å². The summed E-state index contributed by atoms with van der Waals surface area (Å²) in [6, 6.07) is 4.55. The van der Waals surface area contributed by atoms with Crippen molar-refractivity contribution in [2.24, 2.45) is 5.16 Å². The summed E-state index contributed by atoms with van der Waals surface area (Å²) in [6.45, 7) is 3.62. The molecule has 1 aromatic rings. The van der Waals surface area contributed by atoms with E-state index in [1.165, 1.54) is 19.1 Å². The van der Waals surface area contributed by atoms with Crippen LogP contribution in [0.15, 0.2) is 29.4 Å². The van der Waals surface area contributed by atoms with Gasteiger partial charge in [0.1, 0.15) is 5.75 Å². The summed E-state index contributed by atoms with van der Waals surface area (Å²) in [5.41, 5.74) is 0.221. The summed E-state index contributed by atoms with van der Waals surface area (Å²) < 4.78 is 44.5. The van der Waals surface area contributed by atoms with Gasteiger partial charge in [-0.05, 0) is 36.3 Å². The minimum absolute atomic E-state index is 0.168. The maximum absolute atomic E-state index is 12.0. The Kier molecular flexibility index (Phi) is 5.82. The van der Waals surface area contributed by atoms with Gasteiger partial charge in [0.15, 0.2) is 0 Å². The van der Waals surface area contributed by atoms with Gasteiger partial charge in [-0.25, -0.2) is 4.79 Å². The Morgan fingerprint density at radius 1 is 1.29 bits per heavy atom. The van der Waals surface area contributed by atoms with Crippen molar-refractivity contribution < 1.29 is 32.3 Å². The number of oxime groups is 1. The molecule has 1 aromatic carbocycles. The van der Waals surface area contributed by atoms with E-state index in [0.29, 0.717) is 6.61 Å². The molecule has 21 heavy (non-hydrogen) atoms. The lowest BCUT2D eigenvalue weighted by Gasteiger charge is -2.09. The van der Waals surface area contributed by atoms with E-state index in [0.717, 1.165) is 12.1 Å². The third kappa shape index (κ3) is 7.04. The minimum atomic E-state index is -4.76. The fraction of sp³-hybridized carbons (Fsp3) is 0.333. The first-order chi connectivity index (χ1) is 9.80. The summed E-state index contributed by atoms with van der Waals surface area (Å²) in [5, 5.41) is 5.65. The topological polar surface area (TPSA) is 69.2 Å². The number of nitrogens with zero attached hydrogens (tertiary/aromatic N) is 1. The highest BCUT2D eigenvalue weighted by Gasteiger charge is 2.30. The molecule has 0 atom stereocenters. The molecule has 0 fully saturated rings. The number of amides is 1. The number of anilines is 1. The maximum Gasteiger partial charge on any atom is 0.573 e. The van der Waals surface area contributed by atoms with E-state index in [4.69, 9.17) is 4.74 Å². The molecule has 0 heterocycles. The van der Waals surface area contributed by atoms with Crippen LogP contribution in [0.4, 0.5) is 23.7 Å². The molecule has 1 N–H and O–H groups in total. The Hall–Kier alpha value is -2.45.